The Hall–Kier alpha value is -4.12. The Balaban J connectivity index is 1.55. The first-order chi connectivity index (χ1) is 17.0. The van der Waals surface area contributed by atoms with Gasteiger partial charge in [-0.05, 0) is 60.2 Å². The van der Waals surface area contributed by atoms with Gasteiger partial charge in [0.15, 0.2) is 0 Å². The minimum atomic E-state index is -4.74. The molecule has 0 spiro atoms. The van der Waals surface area contributed by atoms with E-state index in [-0.39, 0.29) is 22.9 Å². The summed E-state index contributed by atoms with van der Waals surface area (Å²) < 4.78 is 44.3. The van der Waals surface area contributed by atoms with Gasteiger partial charge in [-0.2, -0.15) is 13.2 Å². The molecule has 1 heterocycles. The van der Waals surface area contributed by atoms with Gasteiger partial charge in [-0.1, -0.05) is 42.0 Å². The van der Waals surface area contributed by atoms with Crippen molar-refractivity contribution < 1.29 is 32.4 Å². The number of nitro benzene ring substituents is 1. The van der Waals surface area contributed by atoms with Crippen molar-refractivity contribution in [1.82, 2.24) is 4.90 Å². The molecule has 4 rings (SSSR count). The number of alkyl halides is 3. The van der Waals surface area contributed by atoms with E-state index in [1.54, 1.807) is 12.1 Å². The van der Waals surface area contributed by atoms with Gasteiger partial charge in [-0.3, -0.25) is 24.6 Å². The standard InChI is InChI=1S/C25H17F3N2O5S/c1-15-5-7-16(8-6-15)14-29-23(31)22(36-24(29)32)12-17-3-2-4-19(11-17)35-21-10-9-18(25(26,27)28)13-20(21)30(33)34/h2-13H,14H2,1H3/b22-12-. The highest BCUT2D eigenvalue weighted by molar-refractivity contribution is 8.18. The number of hydrogen-bond acceptors (Lipinski definition) is 6. The number of benzene rings is 3. The van der Waals surface area contributed by atoms with Crippen molar-refractivity contribution in [1.29, 1.82) is 0 Å². The molecule has 3 aromatic rings. The van der Waals surface area contributed by atoms with Gasteiger partial charge in [0.2, 0.25) is 5.75 Å². The molecular formula is C25H17F3N2O5S. The highest BCUT2D eigenvalue weighted by Gasteiger charge is 2.35. The lowest BCUT2D eigenvalue weighted by molar-refractivity contribution is -0.385. The molecule has 0 saturated carbocycles. The van der Waals surface area contributed by atoms with Gasteiger partial charge in [-0.25, -0.2) is 0 Å². The lowest BCUT2D eigenvalue weighted by Gasteiger charge is -2.12. The molecule has 36 heavy (non-hydrogen) atoms. The van der Waals surface area contributed by atoms with Crippen molar-refractivity contribution in [3.05, 3.63) is 104 Å². The predicted octanol–water partition coefficient (Wildman–Crippen LogP) is 6.95. The molecule has 1 aliphatic heterocycles. The summed E-state index contributed by atoms with van der Waals surface area (Å²) in [6, 6.07) is 15.5. The number of nitro groups is 1. The largest absolute Gasteiger partial charge is 0.450 e. The first kappa shape index (κ1) is 25.0. The van der Waals surface area contributed by atoms with Gasteiger partial charge in [0.05, 0.1) is 21.9 Å². The number of imide groups is 1. The number of halogens is 3. The van der Waals surface area contributed by atoms with Crippen LogP contribution in [-0.4, -0.2) is 21.0 Å². The third kappa shape index (κ3) is 5.57. The molecule has 7 nitrogen and oxygen atoms in total. The topological polar surface area (TPSA) is 89.8 Å². The molecule has 1 saturated heterocycles. The Morgan fingerprint density at radius 2 is 1.78 bits per heavy atom. The SMILES string of the molecule is Cc1ccc(CN2C(=O)S/C(=C\c3cccc(Oc4ccc(C(F)(F)F)cc4[N+](=O)[O-])c3)C2=O)cc1. The molecule has 2 amide bonds. The summed E-state index contributed by atoms with van der Waals surface area (Å²) in [4.78, 5) is 36.9. The normalized spacial score (nSPS) is 15.0. The second kappa shape index (κ2) is 9.86. The first-order valence-electron chi connectivity index (χ1n) is 10.5. The van der Waals surface area contributed by atoms with Crippen LogP contribution in [0.5, 0.6) is 11.5 Å². The van der Waals surface area contributed by atoms with Crippen molar-refractivity contribution in [2.24, 2.45) is 0 Å². The van der Waals surface area contributed by atoms with Gasteiger partial charge < -0.3 is 4.74 Å². The fourth-order valence-corrected chi connectivity index (χ4v) is 4.22. The molecule has 0 bridgehead atoms. The number of carbonyl (C=O) groups excluding carboxylic acids is 2. The van der Waals surface area contributed by atoms with Crippen LogP contribution in [-0.2, 0) is 17.5 Å². The van der Waals surface area contributed by atoms with E-state index in [9.17, 15) is 32.9 Å². The van der Waals surface area contributed by atoms with E-state index in [0.717, 1.165) is 33.9 Å². The highest BCUT2D eigenvalue weighted by Crippen LogP contribution is 2.38. The lowest BCUT2D eigenvalue weighted by atomic mass is 10.1. The summed E-state index contributed by atoms with van der Waals surface area (Å²) in [6.07, 6.45) is -3.26. The predicted molar refractivity (Wildman–Crippen MR) is 127 cm³/mol. The maximum Gasteiger partial charge on any atom is 0.416 e. The Bertz CT molecular complexity index is 1390. The summed E-state index contributed by atoms with van der Waals surface area (Å²) >= 11 is 0.781. The van der Waals surface area contributed by atoms with Crippen molar-refractivity contribution in [3.8, 4) is 11.5 Å². The number of thioether (sulfide) groups is 1. The van der Waals surface area contributed by atoms with Crippen molar-refractivity contribution in [2.45, 2.75) is 19.6 Å². The average Bonchev–Trinajstić information content (AvgIpc) is 3.07. The maximum absolute atomic E-state index is 12.9. The maximum atomic E-state index is 12.9. The van der Waals surface area contributed by atoms with Crippen LogP contribution >= 0.6 is 11.8 Å². The minimum absolute atomic E-state index is 0.102. The summed E-state index contributed by atoms with van der Waals surface area (Å²) in [5, 5.41) is 10.9. The highest BCUT2D eigenvalue weighted by atomic mass is 32.2. The molecule has 0 radical (unpaired) electrons. The van der Waals surface area contributed by atoms with Crippen LogP contribution in [0.1, 0.15) is 22.3 Å². The van der Waals surface area contributed by atoms with E-state index >= 15 is 0 Å². The number of ether oxygens (including phenoxy) is 1. The van der Waals surface area contributed by atoms with Crippen LogP contribution in [0.15, 0.2) is 71.6 Å². The summed E-state index contributed by atoms with van der Waals surface area (Å²) in [5.74, 6) is -0.732. The lowest BCUT2D eigenvalue weighted by Crippen LogP contribution is -2.27. The van der Waals surface area contributed by atoms with E-state index in [1.807, 2.05) is 31.2 Å². The fraction of sp³-hybridized carbons (Fsp3) is 0.120. The molecular weight excluding hydrogens is 497 g/mol. The van der Waals surface area contributed by atoms with Crippen molar-refractivity contribution in [3.63, 3.8) is 0 Å². The van der Waals surface area contributed by atoms with Crippen molar-refractivity contribution in [2.75, 3.05) is 0 Å². The quantitative estimate of drug-likeness (QED) is 0.201. The number of aryl methyl sites for hydroxylation is 1. The summed E-state index contributed by atoms with van der Waals surface area (Å²) in [5.41, 5.74) is 0.307. The number of amides is 2. The Morgan fingerprint density at radius 3 is 2.44 bits per heavy atom. The van der Waals surface area contributed by atoms with E-state index < -0.39 is 33.5 Å². The minimum Gasteiger partial charge on any atom is -0.450 e. The number of carbonyl (C=O) groups is 2. The van der Waals surface area contributed by atoms with Gasteiger partial charge in [0.1, 0.15) is 5.75 Å². The molecule has 0 aromatic heterocycles. The van der Waals surface area contributed by atoms with E-state index in [0.29, 0.717) is 17.7 Å². The number of rotatable bonds is 6. The molecule has 1 aliphatic rings. The van der Waals surface area contributed by atoms with Crippen LogP contribution in [0.4, 0.5) is 23.7 Å². The van der Waals surface area contributed by atoms with E-state index in [2.05, 4.69) is 0 Å². The third-order valence-corrected chi connectivity index (χ3v) is 6.11. The summed E-state index contributed by atoms with van der Waals surface area (Å²) in [6.45, 7) is 2.06. The Labute approximate surface area is 207 Å². The van der Waals surface area contributed by atoms with Crippen LogP contribution < -0.4 is 4.74 Å². The Morgan fingerprint density at radius 1 is 1.06 bits per heavy atom. The van der Waals surface area contributed by atoms with Crippen molar-refractivity contribution >= 4 is 34.7 Å². The Kier molecular flexibility index (Phi) is 6.84. The van der Waals surface area contributed by atoms with Gasteiger partial charge in [-0.15, -0.1) is 0 Å². The van der Waals surface area contributed by atoms with Crippen LogP contribution in [0.2, 0.25) is 0 Å². The molecule has 184 valence electrons. The van der Waals surface area contributed by atoms with Crippen LogP contribution in [0.25, 0.3) is 6.08 Å². The average molecular weight is 514 g/mol. The number of nitrogens with zero attached hydrogens (tertiary/aromatic N) is 2. The zero-order valence-electron chi connectivity index (χ0n) is 18.6. The monoisotopic (exact) mass is 514 g/mol. The smallest absolute Gasteiger partial charge is 0.416 e. The summed E-state index contributed by atoms with van der Waals surface area (Å²) in [7, 11) is 0. The molecule has 0 atom stereocenters. The fourth-order valence-electron chi connectivity index (χ4n) is 3.38. The molecule has 0 unspecified atom stereocenters. The second-order valence-electron chi connectivity index (χ2n) is 7.87. The zero-order chi connectivity index (χ0) is 26.0. The van der Waals surface area contributed by atoms with Gasteiger partial charge >= 0.3 is 11.9 Å². The van der Waals surface area contributed by atoms with Gasteiger partial charge in [0, 0.05) is 6.07 Å². The molecule has 11 heteroatoms. The first-order valence-corrected chi connectivity index (χ1v) is 11.3. The molecule has 0 N–H and O–H groups in total. The van der Waals surface area contributed by atoms with E-state index in [1.165, 1.54) is 18.2 Å². The molecule has 1 fully saturated rings. The van der Waals surface area contributed by atoms with E-state index in [4.69, 9.17) is 4.74 Å². The second-order valence-corrected chi connectivity index (χ2v) is 8.86. The van der Waals surface area contributed by atoms with Crippen LogP contribution in [0, 0.1) is 17.0 Å². The third-order valence-electron chi connectivity index (χ3n) is 5.20. The zero-order valence-corrected chi connectivity index (χ0v) is 19.4. The number of hydrogen-bond donors (Lipinski definition) is 0. The molecule has 3 aromatic carbocycles. The van der Waals surface area contributed by atoms with Crippen LogP contribution in [0.3, 0.4) is 0 Å². The van der Waals surface area contributed by atoms with Gasteiger partial charge in [0.25, 0.3) is 11.1 Å². The molecule has 0 aliphatic carbocycles.